The van der Waals surface area contributed by atoms with Gasteiger partial charge in [0, 0.05) is 0 Å². The van der Waals surface area contributed by atoms with Gasteiger partial charge in [-0.05, 0) is 23.6 Å². The molecule has 0 saturated carbocycles. The summed E-state index contributed by atoms with van der Waals surface area (Å²) in [4.78, 5) is 0. The van der Waals surface area contributed by atoms with Crippen molar-refractivity contribution in [1.29, 1.82) is 0 Å². The van der Waals surface area contributed by atoms with E-state index < -0.39 is 0 Å². The highest BCUT2D eigenvalue weighted by Crippen LogP contribution is 2.35. The third kappa shape index (κ3) is 1.06. The molecule has 2 nitrogen and oxygen atoms in total. The second-order valence-electron chi connectivity index (χ2n) is 2.15. The van der Waals surface area contributed by atoms with Crippen molar-refractivity contribution in [2.24, 2.45) is 0 Å². The lowest BCUT2D eigenvalue weighted by Gasteiger charge is -2.17. The Labute approximate surface area is 60.4 Å². The molecule has 0 amide bonds. The van der Waals surface area contributed by atoms with Gasteiger partial charge in [0.1, 0.15) is 0 Å². The van der Waals surface area contributed by atoms with Crippen LogP contribution >= 0.6 is 0 Å². The molecule has 51 valence electrons. The van der Waals surface area contributed by atoms with E-state index >= 15 is 0 Å². The lowest BCUT2D eigenvalue weighted by Crippen LogP contribution is -1.93. The summed E-state index contributed by atoms with van der Waals surface area (Å²) in [6, 6.07) is 6.50. The van der Waals surface area contributed by atoms with Crippen molar-refractivity contribution >= 4 is 7.69 Å². The Morgan fingerprint density at radius 3 is 1.90 bits per heavy atom. The van der Waals surface area contributed by atoms with Gasteiger partial charge in [-0.2, -0.15) is 0 Å². The van der Waals surface area contributed by atoms with Gasteiger partial charge in [0.15, 0.2) is 0 Å². The molecule has 0 aromatic rings. The van der Waals surface area contributed by atoms with Gasteiger partial charge >= 0.3 is 7.69 Å². The molecule has 0 aromatic carbocycles. The first-order valence-electron chi connectivity index (χ1n) is 3.00. The first kappa shape index (κ1) is 7.31. The van der Waals surface area contributed by atoms with Crippen LogP contribution in [0.2, 0.25) is 0 Å². The van der Waals surface area contributed by atoms with E-state index in [1.165, 1.54) is 16.7 Å². The summed E-state index contributed by atoms with van der Waals surface area (Å²) in [5, 5.41) is 14.0. The van der Waals surface area contributed by atoms with Crippen LogP contribution in [0.15, 0.2) is 18.2 Å². The number of hydrogen-bond acceptors (Lipinski definition) is 2. The van der Waals surface area contributed by atoms with Gasteiger partial charge in [0.25, 0.3) is 0 Å². The normalized spacial score (nSPS) is 9.50. The number of aryl methyl sites for hydroxylation is 1. The largest absolute Gasteiger partial charge is 0.482 e. The fourth-order valence-electron chi connectivity index (χ4n) is 0.981. The average molecular weight is 135 g/mol. The molecule has 2 rings (SSSR count). The van der Waals surface area contributed by atoms with E-state index in [0.717, 1.165) is 0 Å². The lowest BCUT2D eigenvalue weighted by molar-refractivity contribution is 0.448. The van der Waals surface area contributed by atoms with Crippen LogP contribution < -0.4 is 0 Å². The molecule has 0 atom stereocenters. The van der Waals surface area contributed by atoms with Crippen LogP contribution in [0.25, 0.3) is 11.1 Å². The highest BCUT2D eigenvalue weighted by atomic mass is 16.4. The van der Waals surface area contributed by atoms with Gasteiger partial charge in [0.2, 0.25) is 0 Å². The van der Waals surface area contributed by atoms with Crippen LogP contribution in [0.3, 0.4) is 0 Å². The van der Waals surface area contributed by atoms with Gasteiger partial charge < -0.3 is 10.0 Å². The Hall–Kier alpha value is -0.795. The van der Waals surface area contributed by atoms with Crippen LogP contribution in [0.4, 0.5) is 0 Å². The molecule has 3 heteroatoms. The predicted molar refractivity (Wildman–Crippen MR) is 40.4 cm³/mol. The van der Waals surface area contributed by atoms with Crippen LogP contribution in [-0.4, -0.2) is 17.7 Å². The second-order valence-corrected chi connectivity index (χ2v) is 2.15. The third-order valence-corrected chi connectivity index (χ3v) is 1.54. The van der Waals surface area contributed by atoms with Crippen molar-refractivity contribution in [2.45, 2.75) is 6.92 Å². The first-order valence-corrected chi connectivity index (χ1v) is 3.00. The first-order chi connectivity index (χ1) is 4.79. The van der Waals surface area contributed by atoms with Crippen molar-refractivity contribution in [3.05, 3.63) is 23.8 Å². The number of hydrogen-bond donors (Lipinski definition) is 2. The molecule has 0 fully saturated rings. The number of fused-ring (bicyclic) bond motifs is 1. The van der Waals surface area contributed by atoms with E-state index in [1.54, 1.807) is 0 Å². The van der Waals surface area contributed by atoms with Gasteiger partial charge in [-0.1, -0.05) is 18.2 Å². The summed E-state index contributed by atoms with van der Waals surface area (Å²) in [5.74, 6) is 0. The maximum absolute atomic E-state index is 7.00. The van der Waals surface area contributed by atoms with Crippen molar-refractivity contribution in [3.63, 3.8) is 0 Å². The quantitative estimate of drug-likeness (QED) is 0.515. The molecule has 2 aliphatic rings. The zero-order valence-electron chi connectivity index (χ0n) is 5.70. The van der Waals surface area contributed by atoms with Crippen LogP contribution in [0.5, 0.6) is 0 Å². The summed E-state index contributed by atoms with van der Waals surface area (Å²) in [7, 11) is 0. The molecule has 0 aromatic heterocycles. The van der Waals surface area contributed by atoms with Crippen LogP contribution in [0.1, 0.15) is 5.56 Å². The summed E-state index contributed by atoms with van der Waals surface area (Å²) in [5.41, 5.74) is 4.36. The summed E-state index contributed by atoms with van der Waals surface area (Å²) < 4.78 is 0. The maximum atomic E-state index is 7.00. The fourth-order valence-corrected chi connectivity index (χ4v) is 0.981. The summed E-state index contributed by atoms with van der Waals surface area (Å²) >= 11 is 0. The molecule has 0 spiro atoms. The van der Waals surface area contributed by atoms with Gasteiger partial charge in [-0.15, -0.1) is 0 Å². The smallest absolute Gasteiger partial charge is 0.429 e. The molecule has 2 aliphatic carbocycles. The van der Waals surface area contributed by atoms with E-state index in [1.807, 2.05) is 0 Å². The molecule has 0 heterocycles. The Morgan fingerprint density at radius 2 is 1.90 bits per heavy atom. The van der Waals surface area contributed by atoms with Crippen LogP contribution in [-0.2, 0) is 0 Å². The summed E-state index contributed by atoms with van der Waals surface area (Å²) in [6.07, 6.45) is 0. The monoisotopic (exact) mass is 135 g/mol. The molecule has 2 N–H and O–H groups in total. The molecule has 1 radical (unpaired) electrons. The SMILES string of the molecule is Cc1cc2ccc1-2.O[B]O. The molecule has 0 saturated heterocycles. The van der Waals surface area contributed by atoms with E-state index in [4.69, 9.17) is 10.0 Å². The van der Waals surface area contributed by atoms with Gasteiger partial charge in [-0.25, -0.2) is 0 Å². The van der Waals surface area contributed by atoms with Gasteiger partial charge in [0.05, 0.1) is 0 Å². The maximum Gasteiger partial charge on any atom is 0.482 e. The predicted octanol–water partition coefficient (Wildman–Crippen LogP) is 0.481. The zero-order chi connectivity index (χ0) is 7.56. The van der Waals surface area contributed by atoms with Crippen molar-refractivity contribution < 1.29 is 10.0 Å². The minimum Gasteiger partial charge on any atom is -0.429 e. The highest BCUT2D eigenvalue weighted by Gasteiger charge is 2.10. The Morgan fingerprint density at radius 1 is 1.30 bits per heavy atom. The van der Waals surface area contributed by atoms with Crippen molar-refractivity contribution in [2.75, 3.05) is 0 Å². The standard InChI is InChI=1S/C7H6.BH2O2/c1-5-4-6-2-3-7(5)6;2-1-3/h2-4H,1H3;2-3H. The minimum absolute atomic E-state index is 0. The average Bonchev–Trinajstić information content (AvgIpc) is 1.84. The fraction of sp³-hybridized carbons (Fsp3) is 0.143. The Balaban J connectivity index is 0.000000148. The molecular weight excluding hydrogens is 127 g/mol. The Bertz CT molecular complexity index is 235. The Kier molecular flexibility index (Phi) is 2.09. The van der Waals surface area contributed by atoms with E-state index in [-0.39, 0.29) is 7.69 Å². The second kappa shape index (κ2) is 2.86. The lowest BCUT2D eigenvalue weighted by atomic mass is 9.88. The molecule has 10 heavy (non-hydrogen) atoms. The third-order valence-electron chi connectivity index (χ3n) is 1.54. The topological polar surface area (TPSA) is 40.5 Å². The zero-order valence-corrected chi connectivity index (χ0v) is 5.70. The van der Waals surface area contributed by atoms with E-state index in [9.17, 15) is 0 Å². The molecule has 0 unspecified atom stereocenters. The molecule has 0 aliphatic heterocycles. The minimum atomic E-state index is 0. The van der Waals surface area contributed by atoms with E-state index in [2.05, 4.69) is 25.1 Å². The van der Waals surface area contributed by atoms with E-state index in [0.29, 0.717) is 0 Å². The number of rotatable bonds is 0. The molecule has 0 bridgehead atoms. The summed E-state index contributed by atoms with van der Waals surface area (Å²) in [6.45, 7) is 2.14. The highest BCUT2D eigenvalue weighted by molar-refractivity contribution is 6.13. The van der Waals surface area contributed by atoms with Crippen molar-refractivity contribution in [1.82, 2.24) is 0 Å². The number of benzene rings is 1. The van der Waals surface area contributed by atoms with Gasteiger partial charge in [-0.3, -0.25) is 0 Å². The van der Waals surface area contributed by atoms with Crippen molar-refractivity contribution in [3.8, 4) is 11.1 Å². The molecular formula is C7H8BO2. The van der Waals surface area contributed by atoms with Crippen LogP contribution in [0, 0.1) is 6.92 Å².